The Morgan fingerprint density at radius 2 is 2.10 bits per heavy atom. The van der Waals surface area contributed by atoms with Crippen LogP contribution in [-0.2, 0) is 9.05 Å². The average molecular weight is 332 g/mol. The Morgan fingerprint density at radius 1 is 1.48 bits per heavy atom. The highest BCUT2D eigenvalue weighted by Crippen LogP contribution is 2.26. The topological polar surface area (TPSA) is 104 Å². The molecule has 8 heteroatoms. The molecule has 1 aromatic carbocycles. The molecule has 0 fully saturated rings. The van der Waals surface area contributed by atoms with Gasteiger partial charge in [0.15, 0.2) is 0 Å². The quantitative estimate of drug-likeness (QED) is 0.803. The van der Waals surface area contributed by atoms with Crippen molar-refractivity contribution in [3.05, 3.63) is 23.8 Å². The average Bonchev–Trinajstić information content (AvgIpc) is 2.37. The Bertz CT molecular complexity index is 691. The van der Waals surface area contributed by atoms with Gasteiger partial charge in [-0.05, 0) is 38.5 Å². The maximum absolute atomic E-state index is 11.2. The Morgan fingerprint density at radius 3 is 2.57 bits per heavy atom. The van der Waals surface area contributed by atoms with Crippen molar-refractivity contribution in [1.82, 2.24) is 0 Å². The van der Waals surface area contributed by atoms with E-state index in [1.54, 1.807) is 13.8 Å². The first-order chi connectivity index (χ1) is 9.57. The second-order valence-electron chi connectivity index (χ2n) is 5.00. The van der Waals surface area contributed by atoms with Gasteiger partial charge in [-0.2, -0.15) is 5.26 Å². The summed E-state index contributed by atoms with van der Waals surface area (Å²) in [4.78, 5) is 10.8. The molecule has 1 rings (SSSR count). The van der Waals surface area contributed by atoms with Crippen LogP contribution in [0.15, 0.2) is 23.1 Å². The maximum atomic E-state index is 11.2. The van der Waals surface area contributed by atoms with Gasteiger partial charge in [-0.25, -0.2) is 13.2 Å². The smallest absolute Gasteiger partial charge is 0.339 e. The fourth-order valence-corrected chi connectivity index (χ4v) is 2.20. The molecule has 0 bridgehead atoms. The summed E-state index contributed by atoms with van der Waals surface area (Å²) in [5.41, 5.74) is -0.894. The number of carboxylic acid groups (broad SMARTS) is 1. The highest BCUT2D eigenvalue weighted by atomic mass is 35.7. The van der Waals surface area contributed by atoms with Gasteiger partial charge in [0.25, 0.3) is 9.05 Å². The van der Waals surface area contributed by atoms with Gasteiger partial charge in [-0.1, -0.05) is 0 Å². The minimum absolute atomic E-state index is 0.0281. The summed E-state index contributed by atoms with van der Waals surface area (Å²) in [6.45, 7) is 3.60. The third kappa shape index (κ3) is 4.92. The van der Waals surface area contributed by atoms with Crippen LogP contribution in [-0.4, -0.2) is 26.1 Å². The standard InChI is InChI=1S/C13H14ClNO5S/c1-13(2,8-15)5-6-20-11-4-3-9(21(14,18)19)7-10(11)12(16)17/h3-4,7H,5-6H2,1-2H3,(H,16,17). The molecule has 0 radical (unpaired) electrons. The van der Waals surface area contributed by atoms with Crippen molar-refractivity contribution in [2.75, 3.05) is 6.61 Å². The molecule has 0 saturated heterocycles. The minimum Gasteiger partial charge on any atom is -0.493 e. The van der Waals surface area contributed by atoms with Gasteiger partial charge in [-0.15, -0.1) is 0 Å². The van der Waals surface area contributed by atoms with Crippen LogP contribution in [0.2, 0.25) is 0 Å². The van der Waals surface area contributed by atoms with E-state index < -0.39 is 20.4 Å². The lowest BCUT2D eigenvalue weighted by Crippen LogP contribution is -2.14. The molecule has 6 nitrogen and oxygen atoms in total. The number of benzene rings is 1. The van der Waals surface area contributed by atoms with Crippen LogP contribution in [0.5, 0.6) is 5.75 Å². The van der Waals surface area contributed by atoms with Crippen LogP contribution in [0.4, 0.5) is 0 Å². The summed E-state index contributed by atoms with van der Waals surface area (Å²) in [5, 5.41) is 18.0. The molecule has 0 heterocycles. The number of nitriles is 1. The number of carboxylic acids is 1. The zero-order valence-corrected chi connectivity index (χ0v) is 13.0. The number of hydrogen-bond acceptors (Lipinski definition) is 5. The summed E-state index contributed by atoms with van der Waals surface area (Å²) in [6.07, 6.45) is 0.401. The van der Waals surface area contributed by atoms with E-state index >= 15 is 0 Å². The molecule has 0 spiro atoms. The van der Waals surface area contributed by atoms with E-state index in [1.165, 1.54) is 12.1 Å². The van der Waals surface area contributed by atoms with E-state index in [2.05, 4.69) is 6.07 Å². The fraction of sp³-hybridized carbons (Fsp3) is 0.385. The first-order valence-electron chi connectivity index (χ1n) is 5.93. The van der Waals surface area contributed by atoms with Gasteiger partial charge >= 0.3 is 5.97 Å². The lowest BCUT2D eigenvalue weighted by molar-refractivity contribution is 0.0691. The van der Waals surface area contributed by atoms with Crippen molar-refractivity contribution < 1.29 is 23.1 Å². The van der Waals surface area contributed by atoms with E-state index in [0.29, 0.717) is 6.42 Å². The van der Waals surface area contributed by atoms with Crippen molar-refractivity contribution >= 4 is 25.7 Å². The molecule has 0 aliphatic heterocycles. The van der Waals surface area contributed by atoms with Gasteiger partial charge < -0.3 is 9.84 Å². The van der Waals surface area contributed by atoms with Crippen molar-refractivity contribution in [1.29, 1.82) is 5.26 Å². The normalized spacial score (nSPS) is 11.7. The number of ether oxygens (including phenoxy) is 1. The van der Waals surface area contributed by atoms with Crippen LogP contribution in [0.3, 0.4) is 0 Å². The first-order valence-corrected chi connectivity index (χ1v) is 8.24. The number of halogens is 1. The summed E-state index contributed by atoms with van der Waals surface area (Å²) < 4.78 is 27.7. The predicted molar refractivity (Wildman–Crippen MR) is 75.9 cm³/mol. The summed E-state index contributed by atoms with van der Waals surface area (Å²) >= 11 is 0. The van der Waals surface area contributed by atoms with Crippen LogP contribution in [0.1, 0.15) is 30.6 Å². The third-order valence-electron chi connectivity index (χ3n) is 2.75. The summed E-state index contributed by atoms with van der Waals surface area (Å²) in [6, 6.07) is 5.44. The van der Waals surface area contributed by atoms with E-state index in [4.69, 9.17) is 25.8 Å². The van der Waals surface area contributed by atoms with Crippen LogP contribution in [0, 0.1) is 16.7 Å². The molecule has 21 heavy (non-hydrogen) atoms. The molecule has 0 amide bonds. The third-order valence-corrected chi connectivity index (χ3v) is 4.10. The lowest BCUT2D eigenvalue weighted by Gasteiger charge is -2.16. The number of nitrogens with zero attached hydrogens (tertiary/aromatic N) is 1. The first kappa shape index (κ1) is 17.3. The SMILES string of the molecule is CC(C)(C#N)CCOc1ccc(S(=O)(=O)Cl)cc1C(=O)O. The van der Waals surface area contributed by atoms with Gasteiger partial charge in [0, 0.05) is 10.7 Å². The zero-order valence-electron chi connectivity index (χ0n) is 11.5. The Kier molecular flexibility index (Phi) is 5.20. The number of rotatable bonds is 6. The molecule has 0 atom stereocenters. The molecule has 1 N–H and O–H groups in total. The Balaban J connectivity index is 2.99. The van der Waals surface area contributed by atoms with Crippen molar-refractivity contribution in [2.45, 2.75) is 25.2 Å². The minimum atomic E-state index is -4.01. The van der Waals surface area contributed by atoms with Crippen LogP contribution >= 0.6 is 10.7 Å². The van der Waals surface area contributed by atoms with Crippen LogP contribution in [0.25, 0.3) is 0 Å². The van der Waals surface area contributed by atoms with E-state index in [1.807, 2.05) is 0 Å². The Labute approximate surface area is 127 Å². The molecule has 0 aromatic heterocycles. The summed E-state index contributed by atoms with van der Waals surface area (Å²) in [5.74, 6) is -1.30. The fourth-order valence-electron chi connectivity index (χ4n) is 1.43. The number of aromatic carboxylic acids is 1. The summed E-state index contributed by atoms with van der Waals surface area (Å²) in [7, 11) is 1.16. The molecular formula is C13H14ClNO5S. The van der Waals surface area contributed by atoms with Crippen molar-refractivity contribution in [3.8, 4) is 11.8 Å². The molecule has 114 valence electrons. The Hall–Kier alpha value is -1.78. The molecular weight excluding hydrogens is 318 g/mol. The van der Waals surface area contributed by atoms with Gasteiger partial charge in [0.1, 0.15) is 11.3 Å². The zero-order chi connectivity index (χ0) is 16.3. The highest BCUT2D eigenvalue weighted by Gasteiger charge is 2.20. The molecule has 0 saturated carbocycles. The largest absolute Gasteiger partial charge is 0.493 e. The number of carbonyl (C=O) groups is 1. The van der Waals surface area contributed by atoms with Gasteiger partial charge in [0.05, 0.1) is 23.0 Å². The van der Waals surface area contributed by atoms with E-state index in [0.717, 1.165) is 6.07 Å². The van der Waals surface area contributed by atoms with E-state index in [-0.39, 0.29) is 22.8 Å². The molecule has 0 aliphatic carbocycles. The van der Waals surface area contributed by atoms with Gasteiger partial charge in [-0.3, -0.25) is 0 Å². The van der Waals surface area contributed by atoms with E-state index in [9.17, 15) is 13.2 Å². The molecule has 0 unspecified atom stereocenters. The van der Waals surface area contributed by atoms with Crippen molar-refractivity contribution in [2.24, 2.45) is 5.41 Å². The highest BCUT2D eigenvalue weighted by molar-refractivity contribution is 8.13. The molecule has 1 aromatic rings. The van der Waals surface area contributed by atoms with Crippen LogP contribution < -0.4 is 4.74 Å². The van der Waals surface area contributed by atoms with Gasteiger partial charge in [0.2, 0.25) is 0 Å². The monoisotopic (exact) mass is 331 g/mol. The molecule has 0 aliphatic rings. The lowest BCUT2D eigenvalue weighted by atomic mass is 9.92. The predicted octanol–water partition coefficient (Wildman–Crippen LogP) is 2.63. The number of hydrogen-bond donors (Lipinski definition) is 1. The second kappa shape index (κ2) is 6.33. The van der Waals surface area contributed by atoms with Crippen molar-refractivity contribution in [3.63, 3.8) is 0 Å². The maximum Gasteiger partial charge on any atom is 0.339 e. The second-order valence-corrected chi connectivity index (χ2v) is 7.56.